The van der Waals surface area contributed by atoms with Crippen LogP contribution in [-0.4, -0.2) is 21.2 Å². The zero-order chi connectivity index (χ0) is 13.8. The number of thiophene rings is 1. The van der Waals surface area contributed by atoms with E-state index in [1.807, 2.05) is 30.7 Å². The fourth-order valence-electron chi connectivity index (χ4n) is 1.98. The number of hydrogen-bond acceptors (Lipinski definition) is 3. The lowest BCUT2D eigenvalue weighted by Crippen LogP contribution is -2.22. The Morgan fingerprint density at radius 2 is 2.26 bits per heavy atom. The van der Waals surface area contributed by atoms with E-state index in [4.69, 9.17) is 11.6 Å². The Kier molecular flexibility index (Phi) is 4.80. The molecule has 0 saturated heterocycles. The van der Waals surface area contributed by atoms with Crippen LogP contribution in [0.15, 0.2) is 31.0 Å². The molecule has 5 heteroatoms. The second-order valence-electron chi connectivity index (χ2n) is 4.57. The molecule has 102 valence electrons. The summed E-state index contributed by atoms with van der Waals surface area (Å²) in [5, 5.41) is 5.11. The Morgan fingerprint density at radius 3 is 2.79 bits per heavy atom. The van der Waals surface area contributed by atoms with E-state index in [0.717, 1.165) is 30.4 Å². The molecule has 0 aromatic carbocycles. The van der Waals surface area contributed by atoms with Gasteiger partial charge in [-0.25, -0.2) is 0 Å². The number of aromatic nitrogens is 2. The molecular weight excluding hydrogens is 278 g/mol. The van der Waals surface area contributed by atoms with Gasteiger partial charge in [-0.3, -0.25) is 9.58 Å². The molecule has 0 atom stereocenters. The molecule has 2 aromatic rings. The summed E-state index contributed by atoms with van der Waals surface area (Å²) in [6.07, 6.45) is 3.75. The van der Waals surface area contributed by atoms with Crippen LogP contribution in [0.1, 0.15) is 15.4 Å². The average Bonchev–Trinajstić information content (AvgIpc) is 2.86. The van der Waals surface area contributed by atoms with E-state index >= 15 is 0 Å². The Balaban J connectivity index is 2.07. The minimum atomic E-state index is 0.721. The molecule has 19 heavy (non-hydrogen) atoms. The highest BCUT2D eigenvalue weighted by Crippen LogP contribution is 2.20. The van der Waals surface area contributed by atoms with Gasteiger partial charge in [0.25, 0.3) is 0 Å². The van der Waals surface area contributed by atoms with Crippen LogP contribution >= 0.6 is 22.9 Å². The van der Waals surface area contributed by atoms with E-state index in [0.29, 0.717) is 0 Å². The molecule has 3 nitrogen and oxygen atoms in total. The van der Waals surface area contributed by atoms with Crippen LogP contribution < -0.4 is 0 Å². The van der Waals surface area contributed by atoms with Gasteiger partial charge in [-0.15, -0.1) is 17.9 Å². The molecule has 2 heterocycles. The number of hydrogen-bond donors (Lipinski definition) is 0. The van der Waals surface area contributed by atoms with Gasteiger partial charge < -0.3 is 0 Å². The van der Waals surface area contributed by atoms with Crippen LogP contribution in [0.4, 0.5) is 0 Å². The third-order valence-corrected chi connectivity index (χ3v) is 4.09. The monoisotopic (exact) mass is 295 g/mol. The zero-order valence-electron chi connectivity index (χ0n) is 11.3. The Morgan fingerprint density at radius 1 is 1.47 bits per heavy atom. The standard InChI is InChI=1S/C14H18ClN3S/c1-4-7-18(8-12-6-5-11(2)19-12)10-14-13(15)9-17(3)16-14/h4-6,9H,1,7-8,10H2,2-3H3. The molecule has 0 radical (unpaired) electrons. The molecule has 0 bridgehead atoms. The summed E-state index contributed by atoms with van der Waals surface area (Å²) < 4.78 is 1.75. The fourth-order valence-corrected chi connectivity index (χ4v) is 3.15. The lowest BCUT2D eigenvalue weighted by molar-refractivity contribution is 0.284. The van der Waals surface area contributed by atoms with Crippen molar-refractivity contribution in [2.75, 3.05) is 6.54 Å². The average molecular weight is 296 g/mol. The van der Waals surface area contributed by atoms with Gasteiger partial charge in [0.05, 0.1) is 10.7 Å². The first-order valence-electron chi connectivity index (χ1n) is 6.15. The Hall–Kier alpha value is -1.10. The molecule has 0 N–H and O–H groups in total. The smallest absolute Gasteiger partial charge is 0.0950 e. The van der Waals surface area contributed by atoms with Crippen molar-refractivity contribution in [2.45, 2.75) is 20.0 Å². The first-order chi connectivity index (χ1) is 9.08. The highest BCUT2D eigenvalue weighted by atomic mass is 35.5. The van der Waals surface area contributed by atoms with Crippen molar-refractivity contribution in [3.63, 3.8) is 0 Å². The van der Waals surface area contributed by atoms with Crippen LogP contribution in [-0.2, 0) is 20.1 Å². The zero-order valence-corrected chi connectivity index (χ0v) is 12.8. The normalized spacial score (nSPS) is 11.2. The van der Waals surface area contributed by atoms with E-state index in [1.165, 1.54) is 9.75 Å². The molecule has 0 unspecified atom stereocenters. The quantitative estimate of drug-likeness (QED) is 0.759. The fraction of sp³-hybridized carbons (Fsp3) is 0.357. The van der Waals surface area contributed by atoms with Crippen LogP contribution in [0.3, 0.4) is 0 Å². The third kappa shape index (κ3) is 3.93. The molecule has 0 aliphatic rings. The summed E-state index contributed by atoms with van der Waals surface area (Å²) in [6.45, 7) is 8.41. The van der Waals surface area contributed by atoms with Crippen molar-refractivity contribution in [1.82, 2.24) is 14.7 Å². The highest BCUT2D eigenvalue weighted by molar-refractivity contribution is 7.11. The van der Waals surface area contributed by atoms with Crippen LogP contribution in [0.2, 0.25) is 5.02 Å². The second kappa shape index (κ2) is 6.37. The lowest BCUT2D eigenvalue weighted by atomic mass is 10.3. The molecular formula is C14H18ClN3S. The summed E-state index contributed by atoms with van der Waals surface area (Å²) in [6, 6.07) is 4.33. The third-order valence-electron chi connectivity index (χ3n) is 2.79. The van der Waals surface area contributed by atoms with Gasteiger partial charge in [0.2, 0.25) is 0 Å². The van der Waals surface area contributed by atoms with Gasteiger partial charge in [-0.05, 0) is 19.1 Å². The number of halogens is 1. The largest absolute Gasteiger partial charge is 0.289 e. The van der Waals surface area contributed by atoms with Gasteiger partial charge >= 0.3 is 0 Å². The van der Waals surface area contributed by atoms with E-state index < -0.39 is 0 Å². The van der Waals surface area contributed by atoms with Gasteiger partial charge in [0.15, 0.2) is 0 Å². The minimum Gasteiger partial charge on any atom is -0.289 e. The van der Waals surface area contributed by atoms with Crippen molar-refractivity contribution in [3.8, 4) is 0 Å². The molecule has 0 amide bonds. The van der Waals surface area contributed by atoms with E-state index in [9.17, 15) is 0 Å². The molecule has 0 fully saturated rings. The van der Waals surface area contributed by atoms with Crippen molar-refractivity contribution < 1.29 is 0 Å². The summed E-state index contributed by atoms with van der Waals surface area (Å²) in [4.78, 5) is 4.97. The van der Waals surface area contributed by atoms with Gasteiger partial charge in [-0.1, -0.05) is 17.7 Å². The maximum absolute atomic E-state index is 6.16. The van der Waals surface area contributed by atoms with Gasteiger partial charge in [0.1, 0.15) is 0 Å². The highest BCUT2D eigenvalue weighted by Gasteiger charge is 2.12. The number of rotatable bonds is 6. The topological polar surface area (TPSA) is 21.1 Å². The second-order valence-corrected chi connectivity index (χ2v) is 6.35. The predicted octanol–water partition coefficient (Wildman–Crippen LogP) is 3.63. The Bertz CT molecular complexity index is 559. The number of nitrogens with zero attached hydrogens (tertiary/aromatic N) is 3. The molecule has 0 saturated carbocycles. The van der Waals surface area contributed by atoms with Crippen LogP contribution in [0, 0.1) is 6.92 Å². The summed E-state index contributed by atoms with van der Waals surface area (Å²) in [7, 11) is 1.88. The van der Waals surface area contributed by atoms with Crippen LogP contribution in [0.25, 0.3) is 0 Å². The maximum atomic E-state index is 6.16. The molecule has 0 aliphatic heterocycles. The van der Waals surface area contributed by atoms with Gasteiger partial charge in [0, 0.05) is 42.6 Å². The lowest BCUT2D eigenvalue weighted by Gasteiger charge is -2.18. The van der Waals surface area contributed by atoms with Crippen molar-refractivity contribution in [1.29, 1.82) is 0 Å². The molecule has 0 spiro atoms. The van der Waals surface area contributed by atoms with Crippen molar-refractivity contribution in [3.05, 3.63) is 51.5 Å². The first kappa shape index (κ1) is 14.3. The summed E-state index contributed by atoms with van der Waals surface area (Å²) in [5.41, 5.74) is 0.916. The van der Waals surface area contributed by atoms with E-state index in [-0.39, 0.29) is 0 Å². The Labute approximate surface area is 123 Å². The maximum Gasteiger partial charge on any atom is 0.0950 e. The van der Waals surface area contributed by atoms with E-state index in [2.05, 4.69) is 35.6 Å². The first-order valence-corrected chi connectivity index (χ1v) is 7.34. The summed E-state index contributed by atoms with van der Waals surface area (Å²) in [5.74, 6) is 0. The van der Waals surface area contributed by atoms with E-state index in [1.54, 1.807) is 4.68 Å². The van der Waals surface area contributed by atoms with Crippen molar-refractivity contribution in [2.24, 2.45) is 7.05 Å². The number of aryl methyl sites for hydroxylation is 2. The molecule has 2 aromatic heterocycles. The van der Waals surface area contributed by atoms with Gasteiger partial charge in [-0.2, -0.15) is 5.10 Å². The predicted molar refractivity (Wildman–Crippen MR) is 81.6 cm³/mol. The summed E-state index contributed by atoms with van der Waals surface area (Å²) >= 11 is 7.99. The van der Waals surface area contributed by atoms with Crippen molar-refractivity contribution >= 4 is 22.9 Å². The minimum absolute atomic E-state index is 0.721. The van der Waals surface area contributed by atoms with Crippen LogP contribution in [0.5, 0.6) is 0 Å². The SMILES string of the molecule is C=CCN(Cc1ccc(C)s1)Cc1nn(C)cc1Cl. The molecule has 0 aliphatic carbocycles. The molecule has 2 rings (SSSR count).